The van der Waals surface area contributed by atoms with E-state index in [1.54, 1.807) is 14.1 Å². The number of nitrogens with one attached hydrogen (secondary N) is 2. The van der Waals surface area contributed by atoms with Crippen LogP contribution in [0.1, 0.15) is 116 Å². The molecule has 4 aromatic heterocycles. The fraction of sp³-hybridized carbons (Fsp3) is 0.253. The summed E-state index contributed by atoms with van der Waals surface area (Å²) in [5.74, 6) is 8.54. The molecule has 0 spiro atoms. The van der Waals surface area contributed by atoms with Gasteiger partial charge in [-0.15, -0.1) is 0 Å². The van der Waals surface area contributed by atoms with Crippen LogP contribution in [0.5, 0.6) is 69.0 Å². The predicted octanol–water partition coefficient (Wildman–Crippen LogP) is 20.4. The van der Waals surface area contributed by atoms with Crippen molar-refractivity contribution >= 4 is 99.8 Å². The maximum atomic E-state index is 12.1. The van der Waals surface area contributed by atoms with Gasteiger partial charge in [-0.3, -0.25) is 9.13 Å². The lowest BCUT2D eigenvalue weighted by atomic mass is 10.0. The summed E-state index contributed by atoms with van der Waals surface area (Å²) in [6.45, 7) is 33.1. The Kier molecular flexibility index (Phi) is 18.0. The Morgan fingerprint density at radius 1 is 0.288 bits per heavy atom. The molecule has 0 unspecified atom stereocenters. The lowest BCUT2D eigenvalue weighted by Crippen LogP contribution is -2.25. The number of ether oxygens (including phenoxy) is 6. The van der Waals surface area contributed by atoms with E-state index in [0.29, 0.717) is 56.1 Å². The molecule has 0 atom stereocenters. The van der Waals surface area contributed by atoms with Gasteiger partial charge in [0.05, 0.1) is 43.9 Å². The molecule has 20 heteroatoms. The summed E-state index contributed by atoms with van der Waals surface area (Å²) in [7, 11) is 7.60. The average Bonchev–Trinajstić information content (AvgIpc) is 1.69. The number of hydrogen-bond donors (Lipinski definition) is 2. The molecule has 6 aliphatic heterocycles. The number of rotatable bonds is 0. The van der Waals surface area contributed by atoms with Crippen LogP contribution in [0.15, 0.2) is 161 Å². The fourth-order valence-corrected chi connectivity index (χ4v) is 15.2. The molecular formula is C91H88N12O8. The van der Waals surface area contributed by atoms with Crippen molar-refractivity contribution in [1.82, 2.24) is 28.2 Å². The molecule has 20 nitrogen and oxygen atoms in total. The van der Waals surface area contributed by atoms with Crippen LogP contribution in [0.2, 0.25) is 0 Å². The summed E-state index contributed by atoms with van der Waals surface area (Å²) in [4.78, 5) is 59.7. The largest absolute Gasteiger partial charge is 0.452 e. The molecule has 21 rings (SSSR count). The van der Waals surface area contributed by atoms with E-state index in [0.717, 1.165) is 167 Å². The predicted molar refractivity (Wildman–Crippen MR) is 441 cm³/mol. The number of nitrogens with zero attached hydrogens (tertiary/aromatic N) is 10. The Bertz CT molecular complexity index is 6700. The normalized spacial score (nSPS) is 12.6. The molecule has 6 aliphatic rings. The van der Waals surface area contributed by atoms with Crippen LogP contribution in [-0.4, -0.2) is 28.2 Å². The molecule has 2 N–H and O–H groups in total. The quantitative estimate of drug-likeness (QED) is 0.149. The first kappa shape index (κ1) is 72.4. The highest BCUT2D eigenvalue weighted by Gasteiger charge is 2.32. The van der Waals surface area contributed by atoms with Crippen LogP contribution in [-0.2, 0) is 28.2 Å². The Morgan fingerprint density at radius 2 is 0.559 bits per heavy atom. The van der Waals surface area contributed by atoms with Crippen LogP contribution in [0.25, 0.3) is 65.7 Å². The van der Waals surface area contributed by atoms with Crippen molar-refractivity contribution in [3.63, 3.8) is 0 Å². The van der Waals surface area contributed by atoms with E-state index in [1.165, 1.54) is 61.7 Å². The van der Waals surface area contributed by atoms with Crippen LogP contribution < -0.4 is 71.9 Å². The third kappa shape index (κ3) is 11.6. The SMILES string of the molecule is CCC.CCC.CCC.Cc1c2c(c(C)c3c1=Nc1cc4[nH]c(=O)n(C)c4cc1O3)=Nc1cc3[nH]c(=O)n(C)c3cc1O2.Cc1c2c(c(C)c3c1=Nc1ccc4c(c1O3)c1ccccc1n4C)=Nc1ccc3c(c1O2)c1ccccc1n3C.Cc1cc2c(cc1C)Oc1c(C)c3c(c(C)c1=N2)Oc1cc(C)c(C)cc1N=3. The van der Waals surface area contributed by atoms with Crippen LogP contribution in [0.4, 0.5) is 34.1 Å². The number of aromatic amines is 2. The minimum Gasteiger partial charge on any atom is -0.452 e. The third-order valence-electron chi connectivity index (χ3n) is 21.3. The molecule has 11 aromatic carbocycles. The molecule has 0 amide bonds. The second-order valence-corrected chi connectivity index (χ2v) is 29.4. The Balaban J connectivity index is 0.000000121. The second-order valence-electron chi connectivity index (χ2n) is 29.4. The standard InChI is InChI=1S/C34H24N4O2.C24H18N6O4.C24H22N2O2.3C3H8/c1-17-29-32(40-34-21(35-29)13-15-26-28(34)20-10-6-8-12-24(20)38(26)4)18(2)30-31(17)39-33-22(36-30)14-16-25-27(33)19-9-5-7-11-23(19)37(25)3;1-9-19-22(34-18-8-16-11(5-13(18)25-19)27-23(31)30(16)4)10(2)20-21(9)33-17-7-15-12(6-14(17)26-20)28-24(32)29(15)3;1-11-7-17-19(9-13(11)3)27-23-16(6)22-24(15(5)21(23)25-17)28-20-10-14(4)12(2)8-18(20)26-22;3*1-3-2/h5-16H,1-4H3;5-8H,1-4H3,(H,27,31)(H,28,32);7-10H,1-6H3;3*3H2,1-2H3. The van der Waals surface area contributed by atoms with E-state index in [4.69, 9.17) is 58.4 Å². The molecule has 0 saturated heterocycles. The molecule has 560 valence electrons. The number of hydrogen-bond acceptors (Lipinski definition) is 14. The third-order valence-corrected chi connectivity index (χ3v) is 21.3. The lowest BCUT2D eigenvalue weighted by molar-refractivity contribution is 0.442. The van der Waals surface area contributed by atoms with E-state index in [9.17, 15) is 9.59 Å². The Labute approximate surface area is 640 Å². The van der Waals surface area contributed by atoms with E-state index in [1.807, 2.05) is 64.1 Å². The van der Waals surface area contributed by atoms with Crippen LogP contribution in [0.3, 0.4) is 0 Å². The molecule has 0 aliphatic carbocycles. The number of benzene rings is 11. The average molecular weight is 1480 g/mol. The number of aryl methyl sites for hydroxylation is 8. The van der Waals surface area contributed by atoms with Gasteiger partial charge >= 0.3 is 11.4 Å². The van der Waals surface area contributed by atoms with Gasteiger partial charge in [-0.1, -0.05) is 97.2 Å². The van der Waals surface area contributed by atoms with Crippen molar-refractivity contribution in [3.05, 3.63) is 230 Å². The highest BCUT2D eigenvalue weighted by molar-refractivity contribution is 6.14. The molecule has 0 bridgehead atoms. The fourth-order valence-electron chi connectivity index (χ4n) is 15.2. The van der Waals surface area contributed by atoms with Gasteiger partial charge in [0.1, 0.15) is 66.3 Å². The van der Waals surface area contributed by atoms with Crippen LogP contribution in [0, 0.1) is 69.2 Å². The minimum atomic E-state index is -0.198. The van der Waals surface area contributed by atoms with Gasteiger partial charge in [-0.25, -0.2) is 39.5 Å². The zero-order chi connectivity index (χ0) is 78.2. The first-order valence-electron chi connectivity index (χ1n) is 38.0. The van der Waals surface area contributed by atoms with Gasteiger partial charge in [-0.2, -0.15) is 0 Å². The van der Waals surface area contributed by atoms with Gasteiger partial charge in [0.25, 0.3) is 0 Å². The Morgan fingerprint density at radius 3 is 0.883 bits per heavy atom. The van der Waals surface area contributed by atoms with E-state index in [-0.39, 0.29) is 11.4 Å². The molecular weight excluding hydrogens is 1390 g/mol. The van der Waals surface area contributed by atoms with Gasteiger partial charge < -0.3 is 47.5 Å². The summed E-state index contributed by atoms with van der Waals surface area (Å²) in [6, 6.07) is 40.7. The second kappa shape index (κ2) is 27.7. The summed E-state index contributed by atoms with van der Waals surface area (Å²) < 4.78 is 46.3. The molecule has 111 heavy (non-hydrogen) atoms. The minimum absolute atomic E-state index is 0.198. The smallest absolute Gasteiger partial charge is 0.326 e. The van der Waals surface area contributed by atoms with E-state index in [2.05, 4.69) is 201 Å². The molecule has 0 radical (unpaired) electrons. The number of aromatic nitrogens is 6. The molecule has 10 heterocycles. The molecule has 0 fully saturated rings. The van der Waals surface area contributed by atoms with Gasteiger partial charge in [0.15, 0.2) is 69.0 Å². The van der Waals surface area contributed by atoms with Gasteiger partial charge in [0, 0.05) is 95.5 Å². The van der Waals surface area contributed by atoms with Crippen molar-refractivity contribution < 1.29 is 28.4 Å². The van der Waals surface area contributed by atoms with Crippen LogP contribution >= 0.6 is 0 Å². The van der Waals surface area contributed by atoms with Crippen molar-refractivity contribution in [3.8, 4) is 69.0 Å². The number of H-pyrrole nitrogens is 2. The van der Waals surface area contributed by atoms with Gasteiger partial charge in [0.2, 0.25) is 0 Å². The van der Waals surface area contributed by atoms with Crippen molar-refractivity contribution in [2.24, 2.45) is 58.1 Å². The zero-order valence-corrected chi connectivity index (χ0v) is 66.4. The topological polar surface area (TPSA) is 215 Å². The lowest BCUT2D eigenvalue weighted by Gasteiger charge is -2.23. The van der Waals surface area contributed by atoms with Crippen molar-refractivity contribution in [2.45, 2.75) is 130 Å². The highest BCUT2D eigenvalue weighted by atomic mass is 16.5. The summed E-state index contributed by atoms with van der Waals surface area (Å²) in [5.41, 5.74) is 21.8. The summed E-state index contributed by atoms with van der Waals surface area (Å²) in [6.07, 6.45) is 3.75. The zero-order valence-electron chi connectivity index (χ0n) is 66.4. The Hall–Kier alpha value is -12.8. The first-order valence-corrected chi connectivity index (χ1v) is 38.0. The monoisotopic (exact) mass is 1480 g/mol. The maximum Gasteiger partial charge on any atom is 0.326 e. The molecule has 15 aromatic rings. The number of imidazole rings is 2. The first-order chi connectivity index (χ1) is 53.4. The number of fused-ring (bicyclic) bond motifs is 22. The van der Waals surface area contributed by atoms with Gasteiger partial charge in [-0.05, 0) is 164 Å². The van der Waals surface area contributed by atoms with Crippen molar-refractivity contribution in [2.75, 3.05) is 0 Å². The number of para-hydroxylation sites is 2. The maximum absolute atomic E-state index is 12.1. The highest BCUT2D eigenvalue weighted by Crippen LogP contribution is 2.50. The summed E-state index contributed by atoms with van der Waals surface area (Å²) >= 11 is 0. The van der Waals surface area contributed by atoms with E-state index < -0.39 is 0 Å². The van der Waals surface area contributed by atoms with Crippen molar-refractivity contribution in [1.29, 1.82) is 0 Å². The van der Waals surface area contributed by atoms with E-state index >= 15 is 0 Å². The molecule has 0 saturated carbocycles. The summed E-state index contributed by atoms with van der Waals surface area (Å²) in [5, 5.41) is 9.05.